The number of nitrogens with zero attached hydrogens (tertiary/aromatic N) is 2. The molecule has 1 saturated heterocycles. The maximum absolute atomic E-state index is 13.0. The molecule has 1 saturated carbocycles. The largest absolute Gasteiger partial charge is 0.336 e. The van der Waals surface area contributed by atoms with Crippen LogP contribution < -0.4 is 0 Å². The van der Waals surface area contributed by atoms with Crippen LogP contribution in [0.3, 0.4) is 0 Å². The van der Waals surface area contributed by atoms with Crippen LogP contribution in [-0.4, -0.2) is 49.2 Å². The highest BCUT2D eigenvalue weighted by molar-refractivity contribution is 7.89. The average Bonchev–Trinajstić information content (AvgIpc) is 3.46. The van der Waals surface area contributed by atoms with Crippen molar-refractivity contribution >= 4 is 15.9 Å². The quantitative estimate of drug-likeness (QED) is 0.710. The molecule has 0 bridgehead atoms. The Morgan fingerprint density at radius 2 is 1.70 bits per heavy atom. The number of piperidine rings is 1. The zero-order valence-electron chi connectivity index (χ0n) is 16.7. The third-order valence-corrected chi connectivity index (χ3v) is 7.42. The standard InChI is InChI=1S/C21H32N2O3S/c1-4-5-12-23(19-8-9-19)21(24)18-6-10-20(11-7-18)27(25,26)22-14-16(2)13-17(3)15-22/h6-7,10-11,16-17,19H,4-5,8-9,12-15H2,1-3H3/t16-,17+. The zero-order valence-corrected chi connectivity index (χ0v) is 17.5. The van der Waals surface area contributed by atoms with Gasteiger partial charge in [0.05, 0.1) is 4.90 Å². The molecule has 1 aliphatic heterocycles. The first-order chi connectivity index (χ1) is 12.8. The summed E-state index contributed by atoms with van der Waals surface area (Å²) in [6, 6.07) is 6.90. The van der Waals surface area contributed by atoms with Crippen molar-refractivity contribution in [2.75, 3.05) is 19.6 Å². The fourth-order valence-corrected chi connectivity index (χ4v) is 5.73. The molecule has 2 fully saturated rings. The second kappa shape index (κ2) is 8.31. The van der Waals surface area contributed by atoms with Crippen LogP contribution in [0.25, 0.3) is 0 Å². The summed E-state index contributed by atoms with van der Waals surface area (Å²) in [4.78, 5) is 15.1. The van der Waals surface area contributed by atoms with Crippen LogP contribution in [0.2, 0.25) is 0 Å². The number of carbonyl (C=O) groups is 1. The minimum atomic E-state index is -3.50. The highest BCUT2D eigenvalue weighted by Crippen LogP contribution is 2.30. The van der Waals surface area contributed by atoms with Gasteiger partial charge in [-0.3, -0.25) is 4.79 Å². The molecule has 1 aromatic rings. The lowest BCUT2D eigenvalue weighted by Crippen LogP contribution is -2.42. The van der Waals surface area contributed by atoms with Gasteiger partial charge in [-0.1, -0.05) is 27.2 Å². The Bertz CT molecular complexity index is 746. The second-order valence-corrected chi connectivity index (χ2v) is 10.3. The van der Waals surface area contributed by atoms with Crippen molar-refractivity contribution in [3.05, 3.63) is 29.8 Å². The van der Waals surface area contributed by atoms with Crippen molar-refractivity contribution in [2.45, 2.75) is 63.8 Å². The van der Waals surface area contributed by atoms with Gasteiger partial charge < -0.3 is 4.90 Å². The van der Waals surface area contributed by atoms with Crippen LogP contribution in [0, 0.1) is 11.8 Å². The summed E-state index contributed by atoms with van der Waals surface area (Å²) in [7, 11) is -3.50. The van der Waals surface area contributed by atoms with Gasteiger partial charge >= 0.3 is 0 Å². The normalized spacial score (nSPS) is 24.0. The van der Waals surface area contributed by atoms with Crippen LogP contribution in [0.15, 0.2) is 29.2 Å². The molecule has 1 aromatic carbocycles. The smallest absolute Gasteiger partial charge is 0.254 e. The van der Waals surface area contributed by atoms with Gasteiger partial charge in [-0.25, -0.2) is 8.42 Å². The molecule has 0 N–H and O–H groups in total. The Hall–Kier alpha value is -1.40. The molecule has 6 heteroatoms. The first-order valence-corrected chi connectivity index (χ1v) is 11.7. The van der Waals surface area contributed by atoms with E-state index in [4.69, 9.17) is 0 Å². The number of hydrogen-bond donors (Lipinski definition) is 0. The zero-order chi connectivity index (χ0) is 19.6. The molecule has 1 heterocycles. The van der Waals surface area contributed by atoms with E-state index in [1.165, 1.54) is 0 Å². The maximum atomic E-state index is 13.0. The predicted octanol–water partition coefficient (Wildman–Crippen LogP) is 3.76. The number of hydrogen-bond acceptors (Lipinski definition) is 3. The van der Waals surface area contributed by atoms with E-state index in [-0.39, 0.29) is 10.8 Å². The van der Waals surface area contributed by atoms with Crippen molar-refractivity contribution < 1.29 is 13.2 Å². The number of benzene rings is 1. The summed E-state index contributed by atoms with van der Waals surface area (Å²) in [6.07, 6.45) is 5.27. The minimum Gasteiger partial charge on any atom is -0.336 e. The van der Waals surface area contributed by atoms with E-state index >= 15 is 0 Å². The maximum Gasteiger partial charge on any atom is 0.254 e. The summed E-state index contributed by atoms with van der Waals surface area (Å²) >= 11 is 0. The minimum absolute atomic E-state index is 0.0233. The predicted molar refractivity (Wildman–Crippen MR) is 107 cm³/mol. The Morgan fingerprint density at radius 3 is 2.22 bits per heavy atom. The molecule has 150 valence electrons. The lowest BCUT2D eigenvalue weighted by atomic mass is 9.94. The van der Waals surface area contributed by atoms with Crippen LogP contribution in [-0.2, 0) is 10.0 Å². The van der Waals surface area contributed by atoms with Crippen LogP contribution in [0.1, 0.15) is 63.2 Å². The number of amides is 1. The van der Waals surface area contributed by atoms with Gasteiger partial charge in [-0.15, -0.1) is 0 Å². The Morgan fingerprint density at radius 1 is 1.11 bits per heavy atom. The SMILES string of the molecule is CCCCN(C(=O)c1ccc(S(=O)(=O)N2C[C@H](C)C[C@H](C)C2)cc1)C1CC1. The molecule has 5 nitrogen and oxygen atoms in total. The van der Waals surface area contributed by atoms with Crippen molar-refractivity contribution in [1.82, 2.24) is 9.21 Å². The highest BCUT2D eigenvalue weighted by Gasteiger charge is 2.34. The fourth-order valence-electron chi connectivity index (χ4n) is 4.05. The molecule has 0 spiro atoms. The average molecular weight is 393 g/mol. The van der Waals surface area contributed by atoms with Gasteiger partial charge in [0.1, 0.15) is 0 Å². The van der Waals surface area contributed by atoms with Crippen LogP contribution in [0.4, 0.5) is 0 Å². The molecule has 1 amide bonds. The number of carbonyl (C=O) groups excluding carboxylic acids is 1. The molecule has 3 rings (SSSR count). The van der Waals surface area contributed by atoms with Gasteiger partial charge in [0.25, 0.3) is 5.91 Å². The first-order valence-electron chi connectivity index (χ1n) is 10.2. The van der Waals surface area contributed by atoms with Crippen LogP contribution in [0.5, 0.6) is 0 Å². The molecule has 2 atom stereocenters. The second-order valence-electron chi connectivity index (χ2n) is 8.38. The van der Waals surface area contributed by atoms with E-state index in [0.29, 0.717) is 36.5 Å². The monoisotopic (exact) mass is 392 g/mol. The number of rotatable bonds is 7. The number of sulfonamides is 1. The Kier molecular flexibility index (Phi) is 6.26. The van der Waals surface area contributed by atoms with Crippen molar-refractivity contribution in [3.8, 4) is 0 Å². The molecule has 1 aliphatic carbocycles. The third kappa shape index (κ3) is 4.72. The molecule has 27 heavy (non-hydrogen) atoms. The molecular weight excluding hydrogens is 360 g/mol. The Labute approximate surface area is 163 Å². The molecular formula is C21H32N2O3S. The lowest BCUT2D eigenvalue weighted by molar-refractivity contribution is 0.0740. The van der Waals surface area contributed by atoms with E-state index in [9.17, 15) is 13.2 Å². The van der Waals surface area contributed by atoms with Crippen molar-refractivity contribution in [1.29, 1.82) is 0 Å². The van der Waals surface area contributed by atoms with E-state index in [1.807, 2.05) is 4.90 Å². The van der Waals surface area contributed by atoms with Gasteiger partial charge in [0, 0.05) is 31.2 Å². The van der Waals surface area contributed by atoms with Crippen molar-refractivity contribution in [3.63, 3.8) is 0 Å². The van der Waals surface area contributed by atoms with E-state index in [1.54, 1.807) is 28.6 Å². The first kappa shape index (κ1) is 20.3. The van der Waals surface area contributed by atoms with Gasteiger partial charge in [0.15, 0.2) is 0 Å². The molecule has 2 aliphatic rings. The molecule has 0 radical (unpaired) electrons. The summed E-state index contributed by atoms with van der Waals surface area (Å²) in [6.45, 7) is 8.24. The van der Waals surface area contributed by atoms with E-state index in [2.05, 4.69) is 20.8 Å². The highest BCUT2D eigenvalue weighted by atomic mass is 32.2. The van der Waals surface area contributed by atoms with E-state index in [0.717, 1.165) is 38.6 Å². The molecule has 0 unspecified atom stereocenters. The fraction of sp³-hybridized carbons (Fsp3) is 0.667. The third-order valence-electron chi connectivity index (χ3n) is 5.58. The summed E-state index contributed by atoms with van der Waals surface area (Å²) < 4.78 is 27.6. The van der Waals surface area contributed by atoms with Gasteiger partial charge in [-0.05, 0) is 61.8 Å². The lowest BCUT2D eigenvalue weighted by Gasteiger charge is -2.34. The molecule has 0 aromatic heterocycles. The van der Waals surface area contributed by atoms with Gasteiger partial charge in [0.2, 0.25) is 10.0 Å². The van der Waals surface area contributed by atoms with Crippen LogP contribution >= 0.6 is 0 Å². The summed E-state index contributed by atoms with van der Waals surface area (Å²) in [5, 5.41) is 0. The Balaban J connectivity index is 1.75. The summed E-state index contributed by atoms with van der Waals surface area (Å²) in [5.74, 6) is 0.764. The topological polar surface area (TPSA) is 57.7 Å². The number of unbranched alkanes of at least 4 members (excludes halogenated alkanes) is 1. The van der Waals surface area contributed by atoms with E-state index < -0.39 is 10.0 Å². The summed E-state index contributed by atoms with van der Waals surface area (Å²) in [5.41, 5.74) is 0.581. The van der Waals surface area contributed by atoms with Gasteiger partial charge in [-0.2, -0.15) is 4.31 Å². The van der Waals surface area contributed by atoms with Crippen molar-refractivity contribution in [2.24, 2.45) is 11.8 Å².